The molecule has 1 saturated carbocycles. The van der Waals surface area contributed by atoms with Crippen LogP contribution >= 0.6 is 0 Å². The van der Waals surface area contributed by atoms with Gasteiger partial charge in [-0.15, -0.1) is 0 Å². The standard InChI is InChI=1S/C39H36N2O/c1-38(2,3)26-17-19-33-29(24-26)28-12-5-7-14-32(28)41(33)34-15-8-6-13-31(34)39(21-9-4-10-22-39)27-18-20-35-30(25-27)37-36(42-35)16-11-23-40-37/h5-8,11-20,23-25H,4,9-10,21-22H2,1-3H3. The molecule has 8 rings (SSSR count). The molecule has 0 atom stereocenters. The van der Waals surface area contributed by atoms with Crippen LogP contribution in [-0.4, -0.2) is 9.55 Å². The Bertz CT molecular complexity index is 2110. The predicted octanol–water partition coefficient (Wildman–Crippen LogP) is 10.6. The van der Waals surface area contributed by atoms with Crippen LogP contribution in [0.2, 0.25) is 0 Å². The number of para-hydroxylation sites is 2. The first-order valence-electron chi connectivity index (χ1n) is 15.4. The zero-order valence-electron chi connectivity index (χ0n) is 24.7. The van der Waals surface area contributed by atoms with Gasteiger partial charge in [0.25, 0.3) is 0 Å². The van der Waals surface area contributed by atoms with Crippen molar-refractivity contribution in [1.29, 1.82) is 0 Å². The van der Waals surface area contributed by atoms with Crippen molar-refractivity contribution < 1.29 is 4.42 Å². The van der Waals surface area contributed by atoms with Crippen molar-refractivity contribution in [2.75, 3.05) is 0 Å². The number of rotatable bonds is 3. The summed E-state index contributed by atoms with van der Waals surface area (Å²) < 4.78 is 8.70. The Kier molecular flexibility index (Phi) is 5.63. The largest absolute Gasteiger partial charge is 0.454 e. The van der Waals surface area contributed by atoms with E-state index in [9.17, 15) is 0 Å². The van der Waals surface area contributed by atoms with Gasteiger partial charge in [-0.05, 0) is 83.5 Å². The van der Waals surface area contributed by atoms with E-state index >= 15 is 0 Å². The van der Waals surface area contributed by atoms with Gasteiger partial charge in [-0.2, -0.15) is 0 Å². The molecule has 0 aliphatic heterocycles. The van der Waals surface area contributed by atoms with E-state index in [4.69, 9.17) is 9.40 Å². The first-order valence-corrected chi connectivity index (χ1v) is 15.4. The molecule has 42 heavy (non-hydrogen) atoms. The molecular formula is C39H36N2O. The molecule has 7 aromatic rings. The Labute approximate surface area is 246 Å². The van der Waals surface area contributed by atoms with E-state index in [2.05, 4.69) is 110 Å². The zero-order chi connectivity index (χ0) is 28.5. The van der Waals surface area contributed by atoms with E-state index in [1.165, 1.54) is 63.4 Å². The van der Waals surface area contributed by atoms with Gasteiger partial charge in [0.2, 0.25) is 0 Å². The number of hydrogen-bond donors (Lipinski definition) is 0. The lowest BCUT2D eigenvalue weighted by Crippen LogP contribution is -2.31. The molecule has 0 radical (unpaired) electrons. The van der Waals surface area contributed by atoms with Gasteiger partial charge < -0.3 is 8.98 Å². The minimum atomic E-state index is -0.0928. The minimum Gasteiger partial charge on any atom is -0.454 e. The monoisotopic (exact) mass is 548 g/mol. The second kappa shape index (κ2) is 9.32. The highest BCUT2D eigenvalue weighted by Gasteiger charge is 2.38. The van der Waals surface area contributed by atoms with Crippen molar-refractivity contribution >= 4 is 43.9 Å². The number of aromatic nitrogens is 2. The highest BCUT2D eigenvalue weighted by molar-refractivity contribution is 6.09. The molecule has 0 unspecified atom stereocenters. The van der Waals surface area contributed by atoms with Crippen LogP contribution in [0.3, 0.4) is 0 Å². The lowest BCUT2D eigenvalue weighted by molar-refractivity contribution is 0.346. The van der Waals surface area contributed by atoms with E-state index in [-0.39, 0.29) is 10.8 Å². The van der Waals surface area contributed by atoms with Gasteiger partial charge in [0, 0.05) is 27.8 Å². The van der Waals surface area contributed by atoms with Crippen molar-refractivity contribution in [2.45, 2.75) is 63.7 Å². The summed E-state index contributed by atoms with van der Waals surface area (Å²) in [6.45, 7) is 6.89. The molecule has 0 N–H and O–H groups in total. The third-order valence-electron chi connectivity index (χ3n) is 9.68. The second-order valence-electron chi connectivity index (χ2n) is 13.2. The Morgan fingerprint density at radius 2 is 1.48 bits per heavy atom. The van der Waals surface area contributed by atoms with E-state index in [0.717, 1.165) is 34.9 Å². The highest BCUT2D eigenvalue weighted by atomic mass is 16.3. The highest BCUT2D eigenvalue weighted by Crippen LogP contribution is 2.49. The van der Waals surface area contributed by atoms with Gasteiger partial charge in [0.1, 0.15) is 11.1 Å². The molecule has 3 heteroatoms. The second-order valence-corrected chi connectivity index (χ2v) is 13.2. The summed E-state index contributed by atoms with van der Waals surface area (Å²) in [5.74, 6) is 0. The van der Waals surface area contributed by atoms with Gasteiger partial charge in [-0.3, -0.25) is 4.98 Å². The molecule has 1 aliphatic carbocycles. The number of pyridine rings is 1. The predicted molar refractivity (Wildman–Crippen MR) is 175 cm³/mol. The van der Waals surface area contributed by atoms with Crippen LogP contribution in [0.5, 0.6) is 0 Å². The smallest absolute Gasteiger partial charge is 0.153 e. The Balaban J connectivity index is 1.40. The fraction of sp³-hybridized carbons (Fsp3) is 0.256. The van der Waals surface area contributed by atoms with Crippen LogP contribution in [0.4, 0.5) is 0 Å². The minimum absolute atomic E-state index is 0.0895. The van der Waals surface area contributed by atoms with E-state index in [1.54, 1.807) is 0 Å². The van der Waals surface area contributed by atoms with Crippen molar-refractivity contribution in [3.05, 3.63) is 120 Å². The molecule has 208 valence electrons. The normalized spacial score (nSPS) is 15.7. The van der Waals surface area contributed by atoms with Crippen molar-refractivity contribution in [3.63, 3.8) is 0 Å². The van der Waals surface area contributed by atoms with Gasteiger partial charge in [0.05, 0.1) is 16.7 Å². The number of hydrogen-bond acceptors (Lipinski definition) is 2. The molecule has 0 amide bonds. The molecule has 0 saturated heterocycles. The lowest BCUT2D eigenvalue weighted by atomic mass is 9.64. The maximum Gasteiger partial charge on any atom is 0.153 e. The van der Waals surface area contributed by atoms with Gasteiger partial charge in [-0.25, -0.2) is 0 Å². The average molecular weight is 549 g/mol. The van der Waals surface area contributed by atoms with Crippen LogP contribution in [0.1, 0.15) is 69.6 Å². The summed E-state index contributed by atoms with van der Waals surface area (Å²) in [6, 6.07) is 36.0. The lowest BCUT2D eigenvalue weighted by Gasteiger charge is -2.40. The van der Waals surface area contributed by atoms with Gasteiger partial charge >= 0.3 is 0 Å². The SMILES string of the molecule is CC(C)(C)c1ccc2c(c1)c1ccccc1n2-c1ccccc1C1(c2ccc3oc4cccnc4c3c2)CCCCC1. The van der Waals surface area contributed by atoms with Crippen LogP contribution in [0, 0.1) is 0 Å². The number of fused-ring (bicyclic) bond motifs is 6. The molecule has 4 aromatic carbocycles. The number of nitrogens with zero attached hydrogens (tertiary/aromatic N) is 2. The summed E-state index contributed by atoms with van der Waals surface area (Å²) in [5.41, 5.74) is 10.7. The third-order valence-corrected chi connectivity index (χ3v) is 9.68. The maximum atomic E-state index is 6.18. The molecule has 0 spiro atoms. The van der Waals surface area contributed by atoms with Crippen molar-refractivity contribution in [1.82, 2.24) is 9.55 Å². The Hall–Kier alpha value is -4.37. The van der Waals surface area contributed by atoms with Gasteiger partial charge in [0.15, 0.2) is 5.58 Å². The van der Waals surface area contributed by atoms with Crippen LogP contribution < -0.4 is 0 Å². The average Bonchev–Trinajstić information content (AvgIpc) is 3.56. The first-order chi connectivity index (χ1) is 20.4. The molecular weight excluding hydrogens is 512 g/mol. The zero-order valence-corrected chi connectivity index (χ0v) is 24.7. The third kappa shape index (κ3) is 3.76. The summed E-state index contributed by atoms with van der Waals surface area (Å²) in [5, 5.41) is 3.74. The number of furan rings is 1. The first kappa shape index (κ1) is 25.3. The molecule has 3 heterocycles. The summed E-state index contributed by atoms with van der Waals surface area (Å²) >= 11 is 0. The fourth-order valence-corrected chi connectivity index (χ4v) is 7.54. The van der Waals surface area contributed by atoms with E-state index in [0.29, 0.717) is 0 Å². The molecule has 1 fully saturated rings. The molecule has 3 aromatic heterocycles. The van der Waals surface area contributed by atoms with Crippen molar-refractivity contribution in [2.24, 2.45) is 0 Å². The number of benzene rings is 4. The molecule has 3 nitrogen and oxygen atoms in total. The Morgan fingerprint density at radius 3 is 2.33 bits per heavy atom. The maximum absolute atomic E-state index is 6.18. The van der Waals surface area contributed by atoms with E-state index in [1.807, 2.05) is 18.3 Å². The Morgan fingerprint density at radius 1 is 0.690 bits per heavy atom. The summed E-state index contributed by atoms with van der Waals surface area (Å²) in [7, 11) is 0. The van der Waals surface area contributed by atoms with Gasteiger partial charge in [-0.1, -0.05) is 88.6 Å². The van der Waals surface area contributed by atoms with Crippen molar-refractivity contribution in [3.8, 4) is 5.69 Å². The van der Waals surface area contributed by atoms with Crippen LogP contribution in [-0.2, 0) is 10.8 Å². The van der Waals surface area contributed by atoms with E-state index < -0.39 is 0 Å². The fourth-order valence-electron chi connectivity index (χ4n) is 7.54. The summed E-state index contributed by atoms with van der Waals surface area (Å²) in [4.78, 5) is 4.70. The van der Waals surface area contributed by atoms with Crippen LogP contribution in [0.15, 0.2) is 108 Å². The summed E-state index contributed by atoms with van der Waals surface area (Å²) in [6.07, 6.45) is 7.85. The molecule has 1 aliphatic rings. The quantitative estimate of drug-likeness (QED) is 0.220. The molecule has 0 bridgehead atoms. The topological polar surface area (TPSA) is 31.0 Å². The van der Waals surface area contributed by atoms with Crippen LogP contribution in [0.25, 0.3) is 49.6 Å².